The van der Waals surface area contributed by atoms with Crippen molar-refractivity contribution in [3.05, 3.63) is 28.8 Å². The number of hydrogen-bond donors (Lipinski definition) is 2. The summed E-state index contributed by atoms with van der Waals surface area (Å²) in [5.41, 5.74) is 3.13. The molecule has 198 valence electrons. The van der Waals surface area contributed by atoms with E-state index in [1.807, 2.05) is 0 Å². The Hall–Kier alpha value is -1.02. The molecule has 0 saturated heterocycles. The van der Waals surface area contributed by atoms with Crippen LogP contribution in [0.15, 0.2) is 12.1 Å². The molecule has 0 aromatic heterocycles. The molecule has 0 amide bonds. The highest BCUT2D eigenvalue weighted by atomic mass is 16.3. The normalized spacial score (nSPS) is 13.4. The van der Waals surface area contributed by atoms with Crippen LogP contribution in [0.5, 0.6) is 5.75 Å². The highest BCUT2D eigenvalue weighted by molar-refractivity contribution is 5.50. The van der Waals surface area contributed by atoms with E-state index < -0.39 is 0 Å². The molecule has 0 aliphatic rings. The van der Waals surface area contributed by atoms with Gasteiger partial charge in [0.1, 0.15) is 5.75 Å². The summed E-state index contributed by atoms with van der Waals surface area (Å²) in [5, 5.41) is 20.8. The van der Waals surface area contributed by atoms with Crippen molar-refractivity contribution in [3.63, 3.8) is 0 Å². The van der Waals surface area contributed by atoms with Crippen LogP contribution in [-0.4, -0.2) is 16.8 Å². The summed E-state index contributed by atoms with van der Waals surface area (Å²) in [6, 6.07) is 4.43. The van der Waals surface area contributed by atoms with Gasteiger partial charge in [-0.2, -0.15) is 0 Å². The summed E-state index contributed by atoms with van der Waals surface area (Å²) in [6.45, 7) is 15.5. The number of phenols is 1. The van der Waals surface area contributed by atoms with Gasteiger partial charge >= 0.3 is 0 Å². The first-order chi connectivity index (χ1) is 16.0. The first-order valence-electron chi connectivity index (χ1n) is 14.5. The molecular weight excluding hydrogens is 416 g/mol. The van der Waals surface area contributed by atoms with E-state index in [0.717, 1.165) is 24.0 Å². The number of aromatic hydroxyl groups is 1. The monoisotopic (exact) mass is 474 g/mol. The highest BCUT2D eigenvalue weighted by Gasteiger charge is 2.28. The predicted molar refractivity (Wildman–Crippen MR) is 150 cm³/mol. The number of aliphatic hydroxyl groups is 1. The van der Waals surface area contributed by atoms with Crippen molar-refractivity contribution in [3.8, 4) is 5.75 Å². The lowest BCUT2D eigenvalue weighted by atomic mass is 9.76. The van der Waals surface area contributed by atoms with Crippen LogP contribution >= 0.6 is 0 Å². The summed E-state index contributed by atoms with van der Waals surface area (Å²) in [5.74, 6) is 0.813. The Balaban J connectivity index is 2.54. The van der Waals surface area contributed by atoms with Gasteiger partial charge < -0.3 is 10.2 Å². The van der Waals surface area contributed by atoms with E-state index in [4.69, 9.17) is 0 Å². The molecule has 2 heteroatoms. The van der Waals surface area contributed by atoms with Crippen molar-refractivity contribution in [2.75, 3.05) is 6.61 Å². The number of aliphatic hydroxyl groups excluding tert-OH is 1. The quantitative estimate of drug-likeness (QED) is 0.220. The fraction of sp³-hybridized carbons (Fsp3) is 0.812. The summed E-state index contributed by atoms with van der Waals surface area (Å²) in [7, 11) is 0. The lowest BCUT2D eigenvalue weighted by molar-refractivity contribution is 0.271. The van der Waals surface area contributed by atoms with E-state index in [1.54, 1.807) is 0 Å². The summed E-state index contributed by atoms with van der Waals surface area (Å²) >= 11 is 0. The maximum Gasteiger partial charge on any atom is 0.123 e. The molecule has 2 nitrogen and oxygen atoms in total. The van der Waals surface area contributed by atoms with Crippen LogP contribution in [0.3, 0.4) is 0 Å². The second-order valence-corrected chi connectivity index (χ2v) is 12.7. The smallest absolute Gasteiger partial charge is 0.123 e. The lowest BCUT2D eigenvalue weighted by Crippen LogP contribution is -2.18. The Morgan fingerprint density at radius 1 is 0.618 bits per heavy atom. The summed E-state index contributed by atoms with van der Waals surface area (Å²) in [4.78, 5) is 0. The molecule has 0 radical (unpaired) electrons. The van der Waals surface area contributed by atoms with E-state index in [1.165, 1.54) is 89.0 Å². The van der Waals surface area contributed by atoms with Crippen LogP contribution < -0.4 is 0 Å². The van der Waals surface area contributed by atoms with E-state index in [2.05, 4.69) is 60.6 Å². The Morgan fingerprint density at radius 3 is 1.35 bits per heavy atom. The molecule has 0 aliphatic heterocycles. The molecule has 1 aromatic carbocycles. The Morgan fingerprint density at radius 2 is 1.00 bits per heavy atom. The van der Waals surface area contributed by atoms with Crippen molar-refractivity contribution in [2.45, 2.75) is 162 Å². The minimum Gasteiger partial charge on any atom is -0.507 e. The highest BCUT2D eigenvalue weighted by Crippen LogP contribution is 2.42. The molecule has 0 spiro atoms. The standard InChI is InChI=1S/C32H58O2/c1-8-9-10-11-12-13-14-15-16-17-18-19-20-21-26(22-23-33)27-24-28(31(2,3)4)30(34)29(25-27)32(5,6)7/h24-26,33-34H,8-23H2,1-7H3. The third-order valence-electron chi connectivity index (χ3n) is 7.35. The van der Waals surface area contributed by atoms with Gasteiger partial charge in [-0.15, -0.1) is 0 Å². The van der Waals surface area contributed by atoms with Crippen LogP contribution in [0, 0.1) is 0 Å². The molecule has 0 bridgehead atoms. The second kappa shape index (κ2) is 15.9. The van der Waals surface area contributed by atoms with Crippen molar-refractivity contribution in [1.29, 1.82) is 0 Å². The Labute approximate surface area is 213 Å². The molecule has 1 rings (SSSR count). The minimum absolute atomic E-state index is 0.112. The van der Waals surface area contributed by atoms with Crippen LogP contribution in [-0.2, 0) is 10.8 Å². The maximum absolute atomic E-state index is 11.0. The predicted octanol–water partition coefficient (Wildman–Crippen LogP) is 9.93. The van der Waals surface area contributed by atoms with Gasteiger partial charge in [0, 0.05) is 6.61 Å². The molecule has 34 heavy (non-hydrogen) atoms. The van der Waals surface area contributed by atoms with E-state index >= 15 is 0 Å². The average molecular weight is 475 g/mol. The zero-order valence-corrected chi connectivity index (χ0v) is 23.9. The molecule has 0 saturated carbocycles. The largest absolute Gasteiger partial charge is 0.507 e. The molecular formula is C32H58O2. The lowest BCUT2D eigenvalue weighted by Gasteiger charge is -2.30. The van der Waals surface area contributed by atoms with E-state index in [9.17, 15) is 10.2 Å². The van der Waals surface area contributed by atoms with E-state index in [0.29, 0.717) is 11.7 Å². The van der Waals surface area contributed by atoms with Gasteiger partial charge in [0.2, 0.25) is 0 Å². The maximum atomic E-state index is 11.0. The van der Waals surface area contributed by atoms with Gasteiger partial charge in [-0.05, 0) is 46.3 Å². The van der Waals surface area contributed by atoms with Crippen molar-refractivity contribution < 1.29 is 10.2 Å². The van der Waals surface area contributed by atoms with Crippen LogP contribution in [0.4, 0.5) is 0 Å². The van der Waals surface area contributed by atoms with Crippen molar-refractivity contribution in [2.24, 2.45) is 0 Å². The SMILES string of the molecule is CCCCCCCCCCCCCCCC(CCO)c1cc(C(C)(C)C)c(O)c(C(C)(C)C)c1. The minimum atomic E-state index is -0.112. The van der Waals surface area contributed by atoms with Crippen LogP contribution in [0.2, 0.25) is 0 Å². The number of hydrogen-bond acceptors (Lipinski definition) is 2. The zero-order valence-electron chi connectivity index (χ0n) is 23.9. The van der Waals surface area contributed by atoms with Gasteiger partial charge in [-0.3, -0.25) is 0 Å². The van der Waals surface area contributed by atoms with Gasteiger partial charge in [0.15, 0.2) is 0 Å². The van der Waals surface area contributed by atoms with Gasteiger partial charge in [0.25, 0.3) is 0 Å². The number of unbranched alkanes of at least 4 members (excludes halogenated alkanes) is 12. The Kier molecular flexibility index (Phi) is 14.5. The number of phenolic OH excluding ortho intramolecular Hbond substituents is 1. The molecule has 0 fully saturated rings. The zero-order chi connectivity index (χ0) is 25.6. The molecule has 1 unspecified atom stereocenters. The second-order valence-electron chi connectivity index (χ2n) is 12.7. The number of benzene rings is 1. The van der Waals surface area contributed by atoms with Crippen molar-refractivity contribution in [1.82, 2.24) is 0 Å². The van der Waals surface area contributed by atoms with Gasteiger partial charge in [-0.1, -0.05) is 144 Å². The molecule has 0 heterocycles. The van der Waals surface area contributed by atoms with Crippen LogP contribution in [0.25, 0.3) is 0 Å². The van der Waals surface area contributed by atoms with Crippen molar-refractivity contribution >= 4 is 0 Å². The molecule has 2 N–H and O–H groups in total. The third kappa shape index (κ3) is 11.6. The van der Waals surface area contributed by atoms with Crippen LogP contribution in [0.1, 0.15) is 167 Å². The molecule has 1 atom stereocenters. The topological polar surface area (TPSA) is 40.5 Å². The molecule has 0 aliphatic carbocycles. The first kappa shape index (κ1) is 31.0. The first-order valence-corrected chi connectivity index (χ1v) is 14.5. The van der Waals surface area contributed by atoms with Gasteiger partial charge in [0.05, 0.1) is 0 Å². The Bertz CT molecular complexity index is 628. The van der Waals surface area contributed by atoms with Gasteiger partial charge in [-0.25, -0.2) is 0 Å². The number of rotatable bonds is 17. The fourth-order valence-corrected chi connectivity index (χ4v) is 5.08. The fourth-order valence-electron chi connectivity index (χ4n) is 5.08. The third-order valence-corrected chi connectivity index (χ3v) is 7.35. The average Bonchev–Trinajstić information content (AvgIpc) is 2.74. The van der Waals surface area contributed by atoms with E-state index in [-0.39, 0.29) is 17.4 Å². The molecule has 1 aromatic rings. The summed E-state index contributed by atoms with van der Waals surface area (Å²) in [6.07, 6.45) is 19.8. The summed E-state index contributed by atoms with van der Waals surface area (Å²) < 4.78 is 0.